The van der Waals surface area contributed by atoms with Crippen molar-refractivity contribution in [2.45, 2.75) is 4.83 Å². The molecule has 0 spiro atoms. The molecule has 1 aromatic rings. The molecule has 0 aliphatic carbocycles. The van der Waals surface area contributed by atoms with Crippen molar-refractivity contribution in [3.05, 3.63) is 28.8 Å². The van der Waals surface area contributed by atoms with E-state index in [-0.39, 0.29) is 5.97 Å². The summed E-state index contributed by atoms with van der Waals surface area (Å²) in [6, 6.07) is 6.95. The van der Waals surface area contributed by atoms with Gasteiger partial charge in [0.1, 0.15) is 10.9 Å². The molecule has 1 atom stereocenters. The number of methoxy groups -OCH3 is 1. The molecular formula is C11H10BrClN2O2. The van der Waals surface area contributed by atoms with Gasteiger partial charge < -0.3 is 10.1 Å². The lowest BCUT2D eigenvalue weighted by Crippen LogP contribution is -2.24. The third-order valence-electron chi connectivity index (χ3n) is 2.03. The normalized spacial score (nSPS) is 11.4. The highest BCUT2D eigenvalue weighted by Crippen LogP contribution is 2.20. The molecule has 0 amide bonds. The van der Waals surface area contributed by atoms with Gasteiger partial charge >= 0.3 is 5.97 Å². The van der Waals surface area contributed by atoms with Crippen LogP contribution in [0, 0.1) is 11.3 Å². The Morgan fingerprint density at radius 3 is 2.94 bits per heavy atom. The molecule has 90 valence electrons. The van der Waals surface area contributed by atoms with Gasteiger partial charge in [0.2, 0.25) is 0 Å². The van der Waals surface area contributed by atoms with Crippen LogP contribution in [0.25, 0.3) is 0 Å². The van der Waals surface area contributed by atoms with Gasteiger partial charge in [-0.25, -0.2) is 0 Å². The summed E-state index contributed by atoms with van der Waals surface area (Å²) < 4.78 is 4.57. The molecule has 0 fully saturated rings. The van der Waals surface area contributed by atoms with E-state index in [1.165, 1.54) is 7.11 Å². The van der Waals surface area contributed by atoms with Crippen LogP contribution in [0.2, 0.25) is 5.02 Å². The summed E-state index contributed by atoms with van der Waals surface area (Å²) in [6.45, 7) is 0.370. The maximum atomic E-state index is 11.1. The lowest BCUT2D eigenvalue weighted by atomic mass is 10.2. The standard InChI is InChI=1S/C11H10BrClN2O2/c1-17-11(16)9(12)6-15-8-3-2-7(5-14)10(13)4-8/h2-4,9,15H,6H2,1H3. The number of nitrogens with one attached hydrogen (secondary N) is 1. The molecule has 1 rings (SSSR count). The molecule has 0 saturated carbocycles. The first-order valence-corrected chi connectivity index (χ1v) is 6.03. The number of nitriles is 1. The molecule has 6 heteroatoms. The van der Waals surface area contributed by atoms with Crippen molar-refractivity contribution in [1.29, 1.82) is 5.26 Å². The fraction of sp³-hybridized carbons (Fsp3) is 0.273. The highest BCUT2D eigenvalue weighted by atomic mass is 79.9. The van der Waals surface area contributed by atoms with E-state index in [1.807, 2.05) is 6.07 Å². The maximum Gasteiger partial charge on any atom is 0.321 e. The second-order valence-corrected chi connectivity index (χ2v) is 4.69. The summed E-state index contributed by atoms with van der Waals surface area (Å²) in [4.78, 5) is 10.7. The van der Waals surface area contributed by atoms with Crippen LogP contribution in [0.3, 0.4) is 0 Å². The second-order valence-electron chi connectivity index (χ2n) is 3.18. The van der Waals surface area contributed by atoms with Gasteiger partial charge in [-0.15, -0.1) is 0 Å². The molecule has 0 saturated heterocycles. The van der Waals surface area contributed by atoms with Gasteiger partial charge in [0.25, 0.3) is 0 Å². The first-order valence-electron chi connectivity index (χ1n) is 4.74. The molecule has 0 radical (unpaired) electrons. The molecule has 1 unspecified atom stereocenters. The molecule has 1 aromatic carbocycles. The van der Waals surface area contributed by atoms with Crippen molar-refractivity contribution in [1.82, 2.24) is 0 Å². The lowest BCUT2D eigenvalue weighted by molar-refractivity contribution is -0.139. The SMILES string of the molecule is COC(=O)C(Br)CNc1ccc(C#N)c(Cl)c1. The van der Waals surface area contributed by atoms with E-state index in [1.54, 1.807) is 18.2 Å². The maximum absolute atomic E-state index is 11.1. The van der Waals surface area contributed by atoms with Crippen LogP contribution in [0.5, 0.6) is 0 Å². The van der Waals surface area contributed by atoms with Crippen molar-refractivity contribution in [3.8, 4) is 6.07 Å². The van der Waals surface area contributed by atoms with Crippen molar-refractivity contribution in [2.75, 3.05) is 19.0 Å². The number of carbonyl (C=O) groups is 1. The molecule has 17 heavy (non-hydrogen) atoms. The third-order valence-corrected chi connectivity index (χ3v) is 3.04. The average molecular weight is 318 g/mol. The fourth-order valence-corrected chi connectivity index (χ4v) is 1.71. The van der Waals surface area contributed by atoms with E-state index < -0.39 is 4.83 Å². The number of hydrogen-bond donors (Lipinski definition) is 1. The van der Waals surface area contributed by atoms with Crippen LogP contribution in [0.1, 0.15) is 5.56 Å². The highest BCUT2D eigenvalue weighted by Gasteiger charge is 2.14. The molecule has 0 heterocycles. The Morgan fingerprint density at radius 2 is 2.41 bits per heavy atom. The zero-order valence-corrected chi connectivity index (χ0v) is 11.4. The average Bonchev–Trinajstić information content (AvgIpc) is 2.35. The molecular weight excluding hydrogens is 307 g/mol. The Bertz CT molecular complexity index is 459. The number of rotatable bonds is 4. The van der Waals surface area contributed by atoms with Crippen LogP contribution in [-0.2, 0) is 9.53 Å². The zero-order chi connectivity index (χ0) is 12.8. The summed E-state index contributed by atoms with van der Waals surface area (Å²) in [5, 5.41) is 12.1. The van der Waals surface area contributed by atoms with E-state index in [0.29, 0.717) is 17.1 Å². The van der Waals surface area contributed by atoms with E-state index in [9.17, 15) is 4.79 Å². The molecule has 4 nitrogen and oxygen atoms in total. The van der Waals surface area contributed by atoms with Crippen molar-refractivity contribution >= 4 is 39.2 Å². The first-order chi connectivity index (χ1) is 8.08. The Kier molecular flexibility index (Phi) is 5.26. The summed E-state index contributed by atoms with van der Waals surface area (Å²) in [5.74, 6) is -0.350. The zero-order valence-electron chi connectivity index (χ0n) is 9.04. The first kappa shape index (κ1) is 13.8. The third kappa shape index (κ3) is 3.91. The minimum Gasteiger partial charge on any atom is -0.468 e. The predicted molar refractivity (Wildman–Crippen MR) is 69.4 cm³/mol. The van der Waals surface area contributed by atoms with Crippen molar-refractivity contribution in [2.24, 2.45) is 0 Å². The number of benzene rings is 1. The fourth-order valence-electron chi connectivity index (χ4n) is 1.13. The topological polar surface area (TPSA) is 62.1 Å². The lowest BCUT2D eigenvalue weighted by Gasteiger charge is -2.10. The minimum atomic E-state index is -0.429. The Morgan fingerprint density at radius 1 is 1.71 bits per heavy atom. The second kappa shape index (κ2) is 6.48. The van der Waals surface area contributed by atoms with E-state index in [2.05, 4.69) is 26.0 Å². The molecule has 0 aromatic heterocycles. The molecule has 1 N–H and O–H groups in total. The number of ether oxygens (including phenoxy) is 1. The number of alkyl halides is 1. The van der Waals surface area contributed by atoms with Crippen LogP contribution in [0.15, 0.2) is 18.2 Å². The smallest absolute Gasteiger partial charge is 0.321 e. The summed E-state index contributed by atoms with van der Waals surface area (Å²) in [7, 11) is 1.33. The Labute approximate surface area is 113 Å². The van der Waals surface area contributed by atoms with Crippen LogP contribution in [-0.4, -0.2) is 24.5 Å². The van der Waals surface area contributed by atoms with Crippen molar-refractivity contribution in [3.63, 3.8) is 0 Å². The Hall–Kier alpha value is -1.25. The Balaban J connectivity index is 2.62. The summed E-state index contributed by atoms with van der Waals surface area (Å²) >= 11 is 9.05. The number of esters is 1. The molecule has 0 aliphatic rings. The van der Waals surface area contributed by atoms with Gasteiger partial charge in [0, 0.05) is 12.2 Å². The number of hydrogen-bond acceptors (Lipinski definition) is 4. The predicted octanol–water partition coefficient (Wildman–Crippen LogP) is 2.56. The van der Waals surface area contributed by atoms with Gasteiger partial charge in [-0.2, -0.15) is 5.26 Å². The molecule has 0 aliphatic heterocycles. The van der Waals surface area contributed by atoms with E-state index in [0.717, 1.165) is 5.69 Å². The number of halogens is 2. The van der Waals surface area contributed by atoms with Crippen LogP contribution >= 0.6 is 27.5 Å². The number of carbonyl (C=O) groups excluding carboxylic acids is 1. The van der Waals surface area contributed by atoms with Gasteiger partial charge in [0.05, 0.1) is 17.7 Å². The monoisotopic (exact) mass is 316 g/mol. The van der Waals surface area contributed by atoms with Gasteiger partial charge in [-0.05, 0) is 18.2 Å². The summed E-state index contributed by atoms with van der Waals surface area (Å²) in [5.41, 5.74) is 1.16. The van der Waals surface area contributed by atoms with Crippen LogP contribution in [0.4, 0.5) is 5.69 Å². The quantitative estimate of drug-likeness (QED) is 0.685. The minimum absolute atomic E-state index is 0.350. The number of nitrogens with zero attached hydrogens (tertiary/aromatic N) is 1. The number of anilines is 1. The van der Waals surface area contributed by atoms with E-state index in [4.69, 9.17) is 16.9 Å². The van der Waals surface area contributed by atoms with Gasteiger partial charge in [-0.1, -0.05) is 27.5 Å². The van der Waals surface area contributed by atoms with Crippen LogP contribution < -0.4 is 5.32 Å². The van der Waals surface area contributed by atoms with Gasteiger partial charge in [-0.3, -0.25) is 4.79 Å². The van der Waals surface area contributed by atoms with Gasteiger partial charge in [0.15, 0.2) is 0 Å². The largest absolute Gasteiger partial charge is 0.468 e. The highest BCUT2D eigenvalue weighted by molar-refractivity contribution is 9.10. The summed E-state index contributed by atoms with van der Waals surface area (Å²) in [6.07, 6.45) is 0. The molecule has 0 bridgehead atoms. The van der Waals surface area contributed by atoms with Crippen molar-refractivity contribution < 1.29 is 9.53 Å². The van der Waals surface area contributed by atoms with E-state index >= 15 is 0 Å².